The normalized spacial score (nSPS) is 17.8. The molecule has 2 aromatic carbocycles. The van der Waals surface area contributed by atoms with Gasteiger partial charge in [0.05, 0.1) is 11.1 Å². The second kappa shape index (κ2) is 8.02. The number of nitrogens with zero attached hydrogens (tertiary/aromatic N) is 1. The predicted octanol–water partition coefficient (Wildman–Crippen LogP) is 1.72. The first-order valence-corrected chi connectivity index (χ1v) is 9.79. The summed E-state index contributed by atoms with van der Waals surface area (Å²) >= 11 is 0. The predicted molar refractivity (Wildman–Crippen MR) is 110 cm³/mol. The summed E-state index contributed by atoms with van der Waals surface area (Å²) in [6.45, 7) is 2.03. The van der Waals surface area contributed by atoms with Crippen LogP contribution < -0.4 is 16.0 Å². The summed E-state index contributed by atoms with van der Waals surface area (Å²) in [6, 6.07) is 10.4. The molecule has 4 rings (SSSR count). The van der Waals surface area contributed by atoms with Crippen molar-refractivity contribution in [2.75, 3.05) is 5.32 Å². The minimum atomic E-state index is -0.780. The van der Waals surface area contributed by atoms with Crippen molar-refractivity contribution in [3.63, 3.8) is 0 Å². The van der Waals surface area contributed by atoms with E-state index in [0.29, 0.717) is 11.3 Å². The van der Waals surface area contributed by atoms with Gasteiger partial charge in [-0.2, -0.15) is 0 Å². The standard InChI is InChI=1S/C22H20N4O5/c1-12-4-2-6-14(10-12)23-22(31)25-19(28)15-7-3-5-13-11-26(21(30)18(13)15)16-8-9-17(27)24-20(16)29/h2-7,10,16H,8-9,11H2,1H3,(H,24,27,29)(H2,23,25,28,31). The van der Waals surface area contributed by atoms with Crippen molar-refractivity contribution in [3.05, 3.63) is 64.7 Å². The number of amides is 6. The summed E-state index contributed by atoms with van der Waals surface area (Å²) in [5.41, 5.74) is 2.28. The van der Waals surface area contributed by atoms with E-state index in [-0.39, 0.29) is 36.4 Å². The molecule has 0 radical (unpaired) electrons. The number of carbonyl (C=O) groups excluding carboxylic acids is 5. The van der Waals surface area contributed by atoms with Crippen LogP contribution >= 0.6 is 0 Å². The lowest BCUT2D eigenvalue weighted by atomic mass is 10.0. The second-order valence-electron chi connectivity index (χ2n) is 7.52. The highest BCUT2D eigenvalue weighted by molar-refractivity contribution is 6.15. The van der Waals surface area contributed by atoms with E-state index < -0.39 is 29.8 Å². The summed E-state index contributed by atoms with van der Waals surface area (Å²) in [6.07, 6.45) is 0.369. The largest absolute Gasteiger partial charge is 0.326 e. The summed E-state index contributed by atoms with van der Waals surface area (Å²) in [4.78, 5) is 63.0. The molecule has 2 heterocycles. The van der Waals surface area contributed by atoms with Gasteiger partial charge in [-0.25, -0.2) is 4.79 Å². The lowest BCUT2D eigenvalue weighted by Crippen LogP contribution is -2.52. The molecule has 6 amide bonds. The highest BCUT2D eigenvalue weighted by atomic mass is 16.2. The Hall–Kier alpha value is -4.01. The number of carbonyl (C=O) groups is 5. The van der Waals surface area contributed by atoms with Crippen molar-refractivity contribution in [2.45, 2.75) is 32.4 Å². The number of piperidine rings is 1. The number of hydrogen-bond donors (Lipinski definition) is 3. The Morgan fingerprint density at radius 2 is 1.87 bits per heavy atom. The summed E-state index contributed by atoms with van der Waals surface area (Å²) in [5.74, 6) is -2.10. The number of hydrogen-bond acceptors (Lipinski definition) is 5. The average molecular weight is 420 g/mol. The van der Waals surface area contributed by atoms with Gasteiger partial charge >= 0.3 is 6.03 Å². The molecular formula is C22H20N4O5. The number of fused-ring (bicyclic) bond motifs is 1. The van der Waals surface area contributed by atoms with Gasteiger partial charge in [-0.15, -0.1) is 0 Å². The third kappa shape index (κ3) is 4.02. The van der Waals surface area contributed by atoms with Crippen LogP contribution in [0.4, 0.5) is 10.5 Å². The van der Waals surface area contributed by atoms with Gasteiger partial charge in [-0.3, -0.25) is 29.8 Å². The van der Waals surface area contributed by atoms with E-state index >= 15 is 0 Å². The zero-order chi connectivity index (χ0) is 22.1. The number of aryl methyl sites for hydroxylation is 1. The third-order valence-corrected chi connectivity index (χ3v) is 5.30. The minimum Gasteiger partial charge on any atom is -0.322 e. The molecular weight excluding hydrogens is 400 g/mol. The van der Waals surface area contributed by atoms with Crippen LogP contribution in [0.1, 0.15) is 44.7 Å². The van der Waals surface area contributed by atoms with Crippen molar-refractivity contribution in [2.24, 2.45) is 0 Å². The van der Waals surface area contributed by atoms with Crippen LogP contribution in [0.3, 0.4) is 0 Å². The van der Waals surface area contributed by atoms with Crippen LogP contribution in [-0.4, -0.2) is 40.6 Å². The molecule has 0 spiro atoms. The van der Waals surface area contributed by atoms with E-state index in [4.69, 9.17) is 0 Å². The van der Waals surface area contributed by atoms with Crippen molar-refractivity contribution >= 4 is 35.3 Å². The smallest absolute Gasteiger partial charge is 0.322 e. The van der Waals surface area contributed by atoms with Gasteiger partial charge in [0.15, 0.2) is 0 Å². The quantitative estimate of drug-likeness (QED) is 0.652. The maximum absolute atomic E-state index is 13.0. The number of imide groups is 2. The Balaban J connectivity index is 1.51. The lowest BCUT2D eigenvalue weighted by Gasteiger charge is -2.29. The lowest BCUT2D eigenvalue weighted by molar-refractivity contribution is -0.136. The van der Waals surface area contributed by atoms with Crippen LogP contribution in [-0.2, 0) is 16.1 Å². The van der Waals surface area contributed by atoms with Gasteiger partial charge in [-0.05, 0) is 42.7 Å². The average Bonchev–Trinajstić information content (AvgIpc) is 3.04. The number of benzene rings is 2. The number of nitrogens with one attached hydrogen (secondary N) is 3. The van der Waals surface area contributed by atoms with Gasteiger partial charge in [-0.1, -0.05) is 24.3 Å². The molecule has 1 atom stereocenters. The Bertz CT molecular complexity index is 1130. The molecule has 9 nitrogen and oxygen atoms in total. The van der Waals surface area contributed by atoms with E-state index in [1.54, 1.807) is 30.3 Å². The molecule has 2 aliphatic heterocycles. The van der Waals surface area contributed by atoms with E-state index in [1.807, 2.05) is 13.0 Å². The van der Waals surface area contributed by atoms with Crippen molar-refractivity contribution < 1.29 is 24.0 Å². The maximum atomic E-state index is 13.0. The van der Waals surface area contributed by atoms with Gasteiger partial charge in [0.25, 0.3) is 11.8 Å². The molecule has 9 heteroatoms. The topological polar surface area (TPSA) is 125 Å². The summed E-state index contributed by atoms with van der Waals surface area (Å²) < 4.78 is 0. The molecule has 1 saturated heterocycles. The molecule has 1 fully saturated rings. The molecule has 31 heavy (non-hydrogen) atoms. The van der Waals surface area contributed by atoms with Gasteiger partial charge in [0.1, 0.15) is 6.04 Å². The van der Waals surface area contributed by atoms with Gasteiger partial charge in [0, 0.05) is 18.7 Å². The van der Waals surface area contributed by atoms with E-state index in [0.717, 1.165) is 5.56 Å². The highest BCUT2D eigenvalue weighted by Gasteiger charge is 2.40. The molecule has 0 bridgehead atoms. The van der Waals surface area contributed by atoms with E-state index in [9.17, 15) is 24.0 Å². The highest BCUT2D eigenvalue weighted by Crippen LogP contribution is 2.29. The fourth-order valence-electron chi connectivity index (χ4n) is 3.86. The fraction of sp³-hybridized carbons (Fsp3) is 0.227. The molecule has 3 N–H and O–H groups in total. The molecule has 0 saturated carbocycles. The van der Waals surface area contributed by atoms with Crippen LogP contribution in [0.5, 0.6) is 0 Å². The van der Waals surface area contributed by atoms with Gasteiger partial charge < -0.3 is 10.2 Å². The Kier molecular flexibility index (Phi) is 5.24. The molecule has 2 aromatic rings. The summed E-state index contributed by atoms with van der Waals surface area (Å²) in [5, 5.41) is 7.06. The summed E-state index contributed by atoms with van der Waals surface area (Å²) in [7, 11) is 0. The minimum absolute atomic E-state index is 0.0525. The van der Waals surface area contributed by atoms with Crippen molar-refractivity contribution in [3.8, 4) is 0 Å². The zero-order valence-corrected chi connectivity index (χ0v) is 16.7. The van der Waals surface area contributed by atoms with Crippen LogP contribution in [0, 0.1) is 6.92 Å². The number of urea groups is 1. The van der Waals surface area contributed by atoms with E-state index in [1.165, 1.54) is 11.0 Å². The van der Waals surface area contributed by atoms with E-state index in [2.05, 4.69) is 16.0 Å². The maximum Gasteiger partial charge on any atom is 0.326 e. The molecule has 1 unspecified atom stereocenters. The first kappa shape index (κ1) is 20.3. The first-order chi connectivity index (χ1) is 14.8. The van der Waals surface area contributed by atoms with Crippen molar-refractivity contribution in [1.82, 2.24) is 15.5 Å². The van der Waals surface area contributed by atoms with Crippen LogP contribution in [0.25, 0.3) is 0 Å². The van der Waals surface area contributed by atoms with Gasteiger partial charge in [0.2, 0.25) is 11.8 Å². The number of rotatable bonds is 3. The Labute approximate surface area is 177 Å². The van der Waals surface area contributed by atoms with Crippen LogP contribution in [0.15, 0.2) is 42.5 Å². The SMILES string of the molecule is Cc1cccc(NC(=O)NC(=O)c2cccc3c2C(=O)N(C2CCC(=O)NC2=O)C3)c1. The molecule has 0 aromatic heterocycles. The fourth-order valence-corrected chi connectivity index (χ4v) is 3.86. The van der Waals surface area contributed by atoms with Crippen LogP contribution in [0.2, 0.25) is 0 Å². The van der Waals surface area contributed by atoms with Crippen molar-refractivity contribution in [1.29, 1.82) is 0 Å². The Morgan fingerprint density at radius 3 is 2.61 bits per heavy atom. The number of anilines is 1. The molecule has 0 aliphatic carbocycles. The first-order valence-electron chi connectivity index (χ1n) is 9.79. The zero-order valence-electron chi connectivity index (χ0n) is 16.7. The second-order valence-corrected chi connectivity index (χ2v) is 7.52. The monoisotopic (exact) mass is 420 g/mol. The molecule has 2 aliphatic rings. The third-order valence-electron chi connectivity index (χ3n) is 5.30. The Morgan fingerprint density at radius 1 is 1.10 bits per heavy atom. The molecule has 158 valence electrons.